The fourth-order valence-electron chi connectivity index (χ4n) is 2.82. The Morgan fingerprint density at radius 2 is 1.71 bits per heavy atom. The van der Waals surface area contributed by atoms with Gasteiger partial charge < -0.3 is 9.80 Å². The van der Waals surface area contributed by atoms with Crippen LogP contribution in [0.1, 0.15) is 10.4 Å². The number of halogens is 1. The number of nitro groups is 1. The summed E-state index contributed by atoms with van der Waals surface area (Å²) < 4.78 is 13.5. The number of hydrogen-bond donors (Lipinski definition) is 0. The standard InChI is InChI=1S/C17H16FN3O3/c18-14-6-7-15(21(23)24)16(12-14)19-8-10-20(11-9-19)17(22)13-4-2-1-3-5-13/h1-7,12H,8-11H2. The predicted molar refractivity (Wildman–Crippen MR) is 87.6 cm³/mol. The van der Waals surface area contributed by atoms with Gasteiger partial charge in [0, 0.05) is 43.9 Å². The Morgan fingerprint density at radius 3 is 2.33 bits per heavy atom. The highest BCUT2D eigenvalue weighted by Gasteiger charge is 2.26. The van der Waals surface area contributed by atoms with Crippen LogP contribution >= 0.6 is 0 Å². The second kappa shape index (κ2) is 6.66. The quantitative estimate of drug-likeness (QED) is 0.641. The summed E-state index contributed by atoms with van der Waals surface area (Å²) >= 11 is 0. The summed E-state index contributed by atoms with van der Waals surface area (Å²) in [4.78, 5) is 26.5. The van der Waals surface area contributed by atoms with E-state index in [-0.39, 0.29) is 17.3 Å². The molecule has 1 fully saturated rings. The zero-order valence-corrected chi connectivity index (χ0v) is 12.9. The lowest BCUT2D eigenvalue weighted by molar-refractivity contribution is -0.384. The molecular weight excluding hydrogens is 313 g/mol. The molecule has 0 aromatic heterocycles. The van der Waals surface area contributed by atoms with Gasteiger partial charge in [-0.05, 0) is 18.2 Å². The number of nitro benzene ring substituents is 1. The summed E-state index contributed by atoms with van der Waals surface area (Å²) in [6.07, 6.45) is 0. The second-order valence-electron chi connectivity index (χ2n) is 5.54. The minimum absolute atomic E-state index is 0.0657. The predicted octanol–water partition coefficient (Wildman–Crippen LogP) is 2.70. The third kappa shape index (κ3) is 3.19. The molecule has 1 amide bonds. The molecule has 2 aromatic carbocycles. The molecule has 7 heteroatoms. The number of carbonyl (C=O) groups is 1. The van der Waals surface area contributed by atoms with Gasteiger partial charge in [-0.15, -0.1) is 0 Å². The third-order valence-electron chi connectivity index (χ3n) is 4.06. The largest absolute Gasteiger partial charge is 0.362 e. The van der Waals surface area contributed by atoms with Crippen LogP contribution in [0, 0.1) is 15.9 Å². The average molecular weight is 329 g/mol. The van der Waals surface area contributed by atoms with Crippen LogP contribution in [0.4, 0.5) is 15.8 Å². The minimum Gasteiger partial charge on any atom is -0.362 e. The van der Waals surface area contributed by atoms with Gasteiger partial charge in [0.05, 0.1) is 4.92 Å². The lowest BCUT2D eigenvalue weighted by Gasteiger charge is -2.35. The molecule has 0 unspecified atom stereocenters. The van der Waals surface area contributed by atoms with Crippen molar-refractivity contribution in [3.63, 3.8) is 0 Å². The zero-order chi connectivity index (χ0) is 17.1. The first-order chi connectivity index (χ1) is 11.6. The van der Waals surface area contributed by atoms with Crippen LogP contribution < -0.4 is 4.90 Å². The van der Waals surface area contributed by atoms with Gasteiger partial charge in [-0.2, -0.15) is 0 Å². The molecule has 0 bridgehead atoms. The van der Waals surface area contributed by atoms with Crippen molar-refractivity contribution in [2.45, 2.75) is 0 Å². The van der Waals surface area contributed by atoms with Crippen LogP contribution in [0.25, 0.3) is 0 Å². The summed E-state index contributed by atoms with van der Waals surface area (Å²) in [5, 5.41) is 11.1. The average Bonchev–Trinajstić information content (AvgIpc) is 2.61. The molecular formula is C17H16FN3O3. The monoisotopic (exact) mass is 329 g/mol. The van der Waals surface area contributed by atoms with Gasteiger partial charge in [0.15, 0.2) is 0 Å². The van der Waals surface area contributed by atoms with Crippen molar-refractivity contribution in [2.24, 2.45) is 0 Å². The van der Waals surface area contributed by atoms with Crippen molar-refractivity contribution in [3.8, 4) is 0 Å². The number of benzene rings is 2. The van der Waals surface area contributed by atoms with E-state index in [2.05, 4.69) is 0 Å². The molecule has 3 rings (SSSR count). The Kier molecular flexibility index (Phi) is 4.41. The van der Waals surface area contributed by atoms with Crippen LogP contribution in [0.2, 0.25) is 0 Å². The highest BCUT2D eigenvalue weighted by molar-refractivity contribution is 5.94. The molecule has 0 radical (unpaired) electrons. The van der Waals surface area contributed by atoms with E-state index in [9.17, 15) is 19.3 Å². The van der Waals surface area contributed by atoms with E-state index in [1.807, 2.05) is 6.07 Å². The van der Waals surface area contributed by atoms with Crippen LogP contribution in [0.15, 0.2) is 48.5 Å². The van der Waals surface area contributed by atoms with Crippen molar-refractivity contribution in [1.82, 2.24) is 4.90 Å². The number of anilines is 1. The normalized spacial score (nSPS) is 14.5. The van der Waals surface area contributed by atoms with Crippen molar-refractivity contribution >= 4 is 17.3 Å². The first-order valence-electron chi connectivity index (χ1n) is 7.59. The van der Waals surface area contributed by atoms with Crippen LogP contribution in [0.5, 0.6) is 0 Å². The summed E-state index contributed by atoms with van der Waals surface area (Å²) in [5.41, 5.74) is 0.744. The number of hydrogen-bond acceptors (Lipinski definition) is 4. The molecule has 0 aliphatic carbocycles. The number of amides is 1. The number of piperazine rings is 1. The van der Waals surface area contributed by atoms with E-state index in [0.717, 1.165) is 6.07 Å². The van der Waals surface area contributed by atoms with E-state index in [0.29, 0.717) is 31.7 Å². The van der Waals surface area contributed by atoms with Crippen LogP contribution in [-0.4, -0.2) is 41.9 Å². The molecule has 6 nitrogen and oxygen atoms in total. The lowest BCUT2D eigenvalue weighted by Crippen LogP contribution is -2.49. The Balaban J connectivity index is 1.73. The molecule has 0 saturated carbocycles. The Labute approximate surface area is 138 Å². The summed E-state index contributed by atoms with van der Waals surface area (Å²) in [6, 6.07) is 12.4. The Bertz CT molecular complexity index is 759. The van der Waals surface area contributed by atoms with Crippen LogP contribution in [-0.2, 0) is 0 Å². The van der Waals surface area contributed by atoms with E-state index < -0.39 is 10.7 Å². The van der Waals surface area contributed by atoms with E-state index >= 15 is 0 Å². The molecule has 124 valence electrons. The van der Waals surface area contributed by atoms with Crippen molar-refractivity contribution in [2.75, 3.05) is 31.1 Å². The second-order valence-corrected chi connectivity index (χ2v) is 5.54. The van der Waals surface area contributed by atoms with Gasteiger partial charge in [-0.25, -0.2) is 4.39 Å². The van der Waals surface area contributed by atoms with E-state index in [4.69, 9.17) is 0 Å². The molecule has 1 aliphatic rings. The van der Waals surface area contributed by atoms with Crippen molar-refractivity contribution < 1.29 is 14.1 Å². The fraction of sp³-hybridized carbons (Fsp3) is 0.235. The van der Waals surface area contributed by atoms with E-state index in [1.165, 1.54) is 12.1 Å². The van der Waals surface area contributed by atoms with Gasteiger partial charge in [0.2, 0.25) is 0 Å². The number of nitrogens with zero attached hydrogens (tertiary/aromatic N) is 3. The molecule has 1 heterocycles. The van der Waals surface area contributed by atoms with Gasteiger partial charge in [0.1, 0.15) is 11.5 Å². The maximum Gasteiger partial charge on any atom is 0.292 e. The van der Waals surface area contributed by atoms with Gasteiger partial charge >= 0.3 is 0 Å². The minimum atomic E-state index is -0.518. The molecule has 0 atom stereocenters. The fourth-order valence-corrected chi connectivity index (χ4v) is 2.82. The maximum atomic E-state index is 13.5. The lowest BCUT2D eigenvalue weighted by atomic mass is 10.1. The summed E-state index contributed by atoms with van der Waals surface area (Å²) in [7, 11) is 0. The molecule has 0 spiro atoms. The van der Waals surface area contributed by atoms with E-state index in [1.54, 1.807) is 34.1 Å². The number of rotatable bonds is 3. The first kappa shape index (κ1) is 15.9. The molecule has 0 N–H and O–H groups in total. The zero-order valence-electron chi connectivity index (χ0n) is 12.9. The maximum absolute atomic E-state index is 13.5. The molecule has 2 aromatic rings. The number of carbonyl (C=O) groups excluding carboxylic acids is 1. The van der Waals surface area contributed by atoms with Crippen molar-refractivity contribution in [3.05, 3.63) is 70.0 Å². The summed E-state index contributed by atoms with van der Waals surface area (Å²) in [6.45, 7) is 1.70. The molecule has 1 aliphatic heterocycles. The Hall–Kier alpha value is -2.96. The SMILES string of the molecule is O=C(c1ccccc1)N1CCN(c2cc(F)ccc2[N+](=O)[O-])CC1. The Morgan fingerprint density at radius 1 is 1.04 bits per heavy atom. The van der Waals surface area contributed by atoms with Gasteiger partial charge in [-0.3, -0.25) is 14.9 Å². The molecule has 24 heavy (non-hydrogen) atoms. The van der Waals surface area contributed by atoms with Crippen LogP contribution in [0.3, 0.4) is 0 Å². The topological polar surface area (TPSA) is 66.7 Å². The van der Waals surface area contributed by atoms with Gasteiger partial charge in [0.25, 0.3) is 11.6 Å². The smallest absolute Gasteiger partial charge is 0.292 e. The molecule has 1 saturated heterocycles. The first-order valence-corrected chi connectivity index (χ1v) is 7.59. The van der Waals surface area contributed by atoms with Crippen molar-refractivity contribution in [1.29, 1.82) is 0 Å². The highest BCUT2D eigenvalue weighted by Crippen LogP contribution is 2.29. The highest BCUT2D eigenvalue weighted by atomic mass is 19.1. The summed E-state index contributed by atoms with van der Waals surface area (Å²) in [5.74, 6) is -0.581. The van der Waals surface area contributed by atoms with Gasteiger partial charge in [-0.1, -0.05) is 18.2 Å². The third-order valence-corrected chi connectivity index (χ3v) is 4.06.